The van der Waals surface area contributed by atoms with Gasteiger partial charge in [0.05, 0.1) is 26.0 Å². The van der Waals surface area contributed by atoms with Gasteiger partial charge in [-0.05, 0) is 18.7 Å². The van der Waals surface area contributed by atoms with Crippen molar-refractivity contribution >= 4 is 54.6 Å². The minimum atomic E-state index is -5.04. The molecule has 0 spiro atoms. The number of alkyl halides is 1. The first-order valence-electron chi connectivity index (χ1n) is 12.0. The number of phosphoric acid groups is 1. The first-order valence-corrected chi connectivity index (χ1v) is 16.1. The second-order valence-electron chi connectivity index (χ2n) is 9.09. The van der Waals surface area contributed by atoms with Gasteiger partial charge in [0.15, 0.2) is 41.5 Å². The molecule has 22 heteroatoms. The second kappa shape index (κ2) is 10.5. The van der Waals surface area contributed by atoms with Crippen molar-refractivity contribution in [1.82, 2.24) is 34.5 Å². The molecular formula is C19H23FN9O9P2S+. The number of aromatic nitrogens is 8. The zero-order valence-corrected chi connectivity index (χ0v) is 23.5. The highest BCUT2D eigenvalue weighted by atomic mass is 32.5. The van der Waals surface area contributed by atoms with Crippen LogP contribution in [-0.4, -0.2) is 75.9 Å². The van der Waals surface area contributed by atoms with Gasteiger partial charge in [-0.2, -0.15) is 4.98 Å². The number of rotatable bonds is 1. The first kappa shape index (κ1) is 28.4. The third kappa shape index (κ3) is 5.43. The fraction of sp³-hybridized carbons (Fsp3) is 0.474. The maximum absolute atomic E-state index is 15.8. The SMILES string of the molecule is C[C@@H]1OP(=O)(O)O[C@@H]2[C@H](F)[C@@H](COP(O)(=S)OCC[n+]3c1[nH]c1cncnc13)O[C@H]2n1cnc2nc(N)[nH]c(=O)c21. The second-order valence-corrected chi connectivity index (χ2v) is 13.3. The van der Waals surface area contributed by atoms with Crippen LogP contribution in [0.2, 0.25) is 0 Å². The topological polar surface area (TPSA) is 239 Å². The van der Waals surface area contributed by atoms with E-state index in [0.717, 1.165) is 10.9 Å². The normalized spacial score (nSPS) is 33.4. The number of nitrogens with two attached hydrogens (primary N) is 1. The number of hydrogen-bond donors (Lipinski definition) is 5. The smallest absolute Gasteiger partial charge is 0.369 e. The van der Waals surface area contributed by atoms with Crippen LogP contribution < -0.4 is 15.9 Å². The number of halogens is 1. The third-order valence-electron chi connectivity index (χ3n) is 6.40. The Kier molecular flexibility index (Phi) is 7.26. The van der Waals surface area contributed by atoms with E-state index < -0.39 is 57.4 Å². The minimum Gasteiger partial charge on any atom is -0.369 e. The number of nitrogens with one attached hydrogen (secondary N) is 2. The molecule has 4 aromatic rings. The molecule has 2 unspecified atom stereocenters. The number of nitrogen functional groups attached to an aromatic ring is 1. The fourth-order valence-corrected chi connectivity index (χ4v) is 6.91. The van der Waals surface area contributed by atoms with Crippen LogP contribution in [0.3, 0.4) is 0 Å². The van der Waals surface area contributed by atoms with Crippen LogP contribution in [0.5, 0.6) is 0 Å². The van der Waals surface area contributed by atoms with E-state index in [1.165, 1.54) is 19.4 Å². The molecule has 1 fully saturated rings. The van der Waals surface area contributed by atoms with E-state index in [0.29, 0.717) is 11.2 Å². The summed E-state index contributed by atoms with van der Waals surface area (Å²) in [6.45, 7) is -3.17. The lowest BCUT2D eigenvalue weighted by Crippen LogP contribution is -2.41. The van der Waals surface area contributed by atoms with Gasteiger partial charge in [-0.1, -0.05) is 4.98 Å². The zero-order valence-electron chi connectivity index (χ0n) is 20.9. The summed E-state index contributed by atoms with van der Waals surface area (Å²) >= 11 is 5.08. The maximum Gasteiger partial charge on any atom is 0.473 e. The number of fused-ring (bicyclic) bond motifs is 6. The van der Waals surface area contributed by atoms with Crippen LogP contribution in [0, 0.1) is 0 Å². The number of H-pyrrole nitrogens is 2. The molecule has 4 aromatic heterocycles. The Hall–Kier alpha value is -2.77. The summed E-state index contributed by atoms with van der Waals surface area (Å²) in [6.07, 6.45) is -4.22. The fourth-order valence-electron chi connectivity index (χ4n) is 4.70. The van der Waals surface area contributed by atoms with Crippen molar-refractivity contribution in [3.05, 3.63) is 35.0 Å². The minimum absolute atomic E-state index is 0.0656. The molecule has 0 saturated carbocycles. The van der Waals surface area contributed by atoms with E-state index in [9.17, 15) is 19.1 Å². The van der Waals surface area contributed by atoms with Gasteiger partial charge in [0.1, 0.15) is 18.5 Å². The third-order valence-corrected chi connectivity index (χ3v) is 9.11. The number of ether oxygens (including phenoxy) is 1. The van der Waals surface area contributed by atoms with E-state index in [1.807, 2.05) is 0 Å². The van der Waals surface area contributed by atoms with E-state index in [1.54, 1.807) is 4.57 Å². The molecular weight excluding hydrogens is 611 g/mol. The molecule has 0 aliphatic carbocycles. The lowest BCUT2D eigenvalue weighted by atomic mass is 10.1. The Labute approximate surface area is 233 Å². The van der Waals surface area contributed by atoms with Gasteiger partial charge < -0.3 is 29.3 Å². The van der Waals surface area contributed by atoms with Crippen molar-refractivity contribution in [2.45, 2.75) is 44.2 Å². The molecule has 1 saturated heterocycles. The van der Waals surface area contributed by atoms with Gasteiger partial charge in [0.2, 0.25) is 11.8 Å². The molecule has 0 radical (unpaired) electrons. The van der Waals surface area contributed by atoms with Gasteiger partial charge in [0, 0.05) is 0 Å². The summed E-state index contributed by atoms with van der Waals surface area (Å²) in [6, 6.07) is 0. The van der Waals surface area contributed by atoms with E-state index in [-0.39, 0.29) is 36.1 Å². The molecule has 6 N–H and O–H groups in total. The summed E-state index contributed by atoms with van der Waals surface area (Å²) in [5.74, 6) is 0.0498. The van der Waals surface area contributed by atoms with Crippen LogP contribution >= 0.6 is 14.5 Å². The van der Waals surface area contributed by atoms with Crippen LogP contribution in [-0.2, 0) is 45.7 Å². The van der Waals surface area contributed by atoms with Gasteiger partial charge in [-0.3, -0.25) is 28.4 Å². The highest BCUT2D eigenvalue weighted by Gasteiger charge is 2.52. The maximum atomic E-state index is 15.8. The van der Waals surface area contributed by atoms with Crippen LogP contribution in [0.25, 0.3) is 22.3 Å². The van der Waals surface area contributed by atoms with Crippen LogP contribution in [0.15, 0.2) is 23.6 Å². The van der Waals surface area contributed by atoms with Crippen molar-refractivity contribution in [3.63, 3.8) is 0 Å². The van der Waals surface area contributed by atoms with Crippen LogP contribution in [0.4, 0.5) is 10.3 Å². The molecule has 6 rings (SSSR count). The number of aromatic amines is 2. The van der Waals surface area contributed by atoms with Crippen molar-refractivity contribution in [2.75, 3.05) is 18.9 Å². The average Bonchev–Trinajstić information content (AvgIpc) is 3.56. The van der Waals surface area contributed by atoms with Crippen molar-refractivity contribution in [3.8, 4) is 0 Å². The Morgan fingerprint density at radius 3 is 2.88 bits per heavy atom. The molecule has 6 heterocycles. The zero-order chi connectivity index (χ0) is 29.1. The standard InChI is InChI=1S/C19H22FN9O9P2S/c1-8-15-25-9-4-22-6-23-16(9)28(15)2-3-34-40(33,41)35-5-10-11(20)13(38-39(31,32)37-8)18(36-10)29-7-24-14-12(29)17(30)27-19(21)26-14/h4,6-8,10-11,13,18H,2-3,5H2,1H3,(H5,21,26,27,30,31,32,33,41)/p+1/t8-,10+,11+,13+,18+,40?/m0/s1. The van der Waals surface area contributed by atoms with Gasteiger partial charge in [-0.15, -0.1) is 0 Å². The number of anilines is 1. The number of phosphoric ester groups is 1. The van der Waals surface area contributed by atoms with E-state index >= 15 is 4.39 Å². The van der Waals surface area contributed by atoms with Gasteiger partial charge >= 0.3 is 20.2 Å². The average molecular weight is 634 g/mol. The molecule has 2 aliphatic rings. The number of imidazole rings is 2. The monoisotopic (exact) mass is 634 g/mol. The van der Waals surface area contributed by atoms with Gasteiger partial charge in [-0.25, -0.2) is 23.5 Å². The van der Waals surface area contributed by atoms with E-state index in [2.05, 4.69) is 29.9 Å². The lowest BCUT2D eigenvalue weighted by Gasteiger charge is -2.24. The number of hydrogen-bond acceptors (Lipinski definition) is 13. The summed E-state index contributed by atoms with van der Waals surface area (Å²) in [5, 5.41) is 0. The van der Waals surface area contributed by atoms with Gasteiger partial charge in [0.25, 0.3) is 5.56 Å². The molecule has 2 bridgehead atoms. The predicted molar refractivity (Wildman–Crippen MR) is 138 cm³/mol. The highest BCUT2D eigenvalue weighted by Crippen LogP contribution is 2.53. The summed E-state index contributed by atoms with van der Waals surface area (Å²) < 4.78 is 59.0. The molecule has 0 aromatic carbocycles. The molecule has 220 valence electrons. The number of nitrogens with zero attached hydrogens (tertiary/aromatic N) is 6. The predicted octanol–water partition coefficient (Wildman–Crippen LogP) is 0.0231. The molecule has 0 amide bonds. The molecule has 7 atom stereocenters. The van der Waals surface area contributed by atoms with Crippen molar-refractivity contribution in [1.29, 1.82) is 0 Å². The Balaban J connectivity index is 1.40. The highest BCUT2D eigenvalue weighted by molar-refractivity contribution is 8.07. The first-order chi connectivity index (χ1) is 19.4. The molecule has 2 aliphatic heterocycles. The summed E-state index contributed by atoms with van der Waals surface area (Å²) in [5.41, 5.74) is 5.47. The molecule has 41 heavy (non-hydrogen) atoms. The summed E-state index contributed by atoms with van der Waals surface area (Å²) in [4.78, 5) is 55.4. The van der Waals surface area contributed by atoms with E-state index in [4.69, 9.17) is 40.4 Å². The largest absolute Gasteiger partial charge is 0.473 e. The Morgan fingerprint density at radius 1 is 1.27 bits per heavy atom. The lowest BCUT2D eigenvalue weighted by molar-refractivity contribution is -0.684. The Bertz CT molecular complexity index is 1790. The van der Waals surface area contributed by atoms with Crippen molar-refractivity contribution in [2.24, 2.45) is 0 Å². The Morgan fingerprint density at radius 2 is 2.07 bits per heavy atom. The summed E-state index contributed by atoms with van der Waals surface area (Å²) in [7, 11) is -5.04. The quantitative estimate of drug-likeness (QED) is 0.137. The van der Waals surface area contributed by atoms with Crippen LogP contribution in [0.1, 0.15) is 25.1 Å². The molecule has 18 nitrogen and oxygen atoms in total. The van der Waals surface area contributed by atoms with Crippen molar-refractivity contribution < 1.29 is 46.1 Å².